The van der Waals surface area contributed by atoms with Crippen LogP contribution in [0.15, 0.2) is 24.3 Å². The lowest BCUT2D eigenvalue weighted by Gasteiger charge is -2.25. The second-order valence-electron chi connectivity index (χ2n) is 4.09. The van der Waals surface area contributed by atoms with Gasteiger partial charge in [0.05, 0.1) is 18.6 Å². The summed E-state index contributed by atoms with van der Waals surface area (Å²) in [6.07, 6.45) is 0.0742. The third-order valence-corrected chi connectivity index (χ3v) is 2.83. The Morgan fingerprint density at radius 2 is 1.88 bits per heavy atom. The Morgan fingerprint density at radius 3 is 2.31 bits per heavy atom. The van der Waals surface area contributed by atoms with Gasteiger partial charge < -0.3 is 10.0 Å². The van der Waals surface area contributed by atoms with Gasteiger partial charge in [-0.1, -0.05) is 12.1 Å². The number of hydrogen-bond acceptors (Lipinski definition) is 3. The van der Waals surface area contributed by atoms with Crippen molar-refractivity contribution in [3.63, 3.8) is 0 Å². The maximum Gasteiger partial charge on any atom is 0.0761 e. The summed E-state index contributed by atoms with van der Waals surface area (Å²) in [6.45, 7) is 3.77. The zero-order valence-corrected chi connectivity index (χ0v) is 10.0. The highest BCUT2D eigenvalue weighted by molar-refractivity contribution is 5.48. The summed E-state index contributed by atoms with van der Waals surface area (Å²) in [4.78, 5) is 2.06. The molecule has 0 bridgehead atoms. The van der Waals surface area contributed by atoms with Crippen LogP contribution in [-0.2, 0) is 0 Å². The van der Waals surface area contributed by atoms with Crippen LogP contribution in [-0.4, -0.2) is 18.2 Å². The third kappa shape index (κ3) is 2.98. The minimum absolute atomic E-state index is 0.197. The molecule has 0 saturated carbocycles. The van der Waals surface area contributed by atoms with Gasteiger partial charge in [-0.05, 0) is 31.5 Å². The minimum atomic E-state index is -0.434. The van der Waals surface area contributed by atoms with Crippen LogP contribution in [0.4, 0.5) is 5.69 Å². The summed E-state index contributed by atoms with van der Waals surface area (Å²) < 4.78 is 0. The Bertz CT molecular complexity index is 365. The molecule has 0 spiro atoms. The zero-order valence-electron chi connectivity index (χ0n) is 10.0. The maximum atomic E-state index is 9.39. The van der Waals surface area contributed by atoms with Crippen molar-refractivity contribution >= 4 is 5.69 Å². The standard InChI is InChI=1S/C13H18N2O/c1-10(8-9-14)15(3)13-6-4-12(5-7-13)11(2)16/h4-7,10-11,16H,8H2,1-3H3. The van der Waals surface area contributed by atoms with Crippen molar-refractivity contribution in [3.05, 3.63) is 29.8 Å². The molecule has 0 heterocycles. The number of hydrogen-bond donors (Lipinski definition) is 1. The Hall–Kier alpha value is -1.53. The summed E-state index contributed by atoms with van der Waals surface area (Å²) in [5, 5.41) is 18.0. The molecule has 0 saturated heterocycles. The second kappa shape index (κ2) is 5.53. The van der Waals surface area contributed by atoms with Gasteiger partial charge in [0.15, 0.2) is 0 Å². The van der Waals surface area contributed by atoms with E-state index in [1.54, 1.807) is 6.92 Å². The first kappa shape index (κ1) is 12.5. The Labute approximate surface area is 96.9 Å². The number of aliphatic hydroxyl groups is 1. The molecule has 0 amide bonds. The van der Waals surface area contributed by atoms with E-state index in [1.807, 2.05) is 38.2 Å². The van der Waals surface area contributed by atoms with Crippen LogP contribution in [0.2, 0.25) is 0 Å². The maximum absolute atomic E-state index is 9.39. The van der Waals surface area contributed by atoms with E-state index in [1.165, 1.54) is 0 Å². The van der Waals surface area contributed by atoms with Gasteiger partial charge in [0, 0.05) is 18.8 Å². The summed E-state index contributed by atoms with van der Waals surface area (Å²) in [5.74, 6) is 0. The van der Waals surface area contributed by atoms with E-state index in [2.05, 4.69) is 11.0 Å². The number of nitrogens with zero attached hydrogens (tertiary/aromatic N) is 2. The van der Waals surface area contributed by atoms with Gasteiger partial charge >= 0.3 is 0 Å². The first-order chi connectivity index (χ1) is 7.56. The van der Waals surface area contributed by atoms with E-state index in [4.69, 9.17) is 5.26 Å². The molecule has 0 aliphatic rings. The van der Waals surface area contributed by atoms with Crippen LogP contribution in [0.5, 0.6) is 0 Å². The number of anilines is 1. The first-order valence-corrected chi connectivity index (χ1v) is 5.44. The smallest absolute Gasteiger partial charge is 0.0761 e. The van der Waals surface area contributed by atoms with Crippen molar-refractivity contribution in [3.8, 4) is 6.07 Å². The molecule has 3 heteroatoms. The molecule has 1 aromatic rings. The second-order valence-corrected chi connectivity index (χ2v) is 4.09. The highest BCUT2D eigenvalue weighted by atomic mass is 16.3. The van der Waals surface area contributed by atoms with Crippen molar-refractivity contribution < 1.29 is 5.11 Å². The first-order valence-electron chi connectivity index (χ1n) is 5.44. The molecule has 1 aromatic carbocycles. The van der Waals surface area contributed by atoms with Gasteiger partial charge in [-0.25, -0.2) is 0 Å². The lowest BCUT2D eigenvalue weighted by molar-refractivity contribution is 0.199. The van der Waals surface area contributed by atoms with Crippen LogP contribution in [0.25, 0.3) is 0 Å². The summed E-state index contributed by atoms with van der Waals surface area (Å²) >= 11 is 0. The largest absolute Gasteiger partial charge is 0.389 e. The molecule has 0 fully saturated rings. The third-order valence-electron chi connectivity index (χ3n) is 2.83. The van der Waals surface area contributed by atoms with Crippen molar-refractivity contribution in [2.45, 2.75) is 32.4 Å². The van der Waals surface area contributed by atoms with Crippen molar-refractivity contribution in [1.82, 2.24) is 0 Å². The average Bonchev–Trinajstić information content (AvgIpc) is 2.28. The Morgan fingerprint density at radius 1 is 1.31 bits per heavy atom. The Kier molecular flexibility index (Phi) is 4.33. The Balaban J connectivity index is 2.78. The molecular formula is C13H18N2O. The minimum Gasteiger partial charge on any atom is -0.389 e. The topological polar surface area (TPSA) is 47.3 Å². The number of benzene rings is 1. The quantitative estimate of drug-likeness (QED) is 0.844. The molecule has 86 valence electrons. The highest BCUT2D eigenvalue weighted by Crippen LogP contribution is 2.20. The molecule has 0 aromatic heterocycles. The van der Waals surface area contributed by atoms with E-state index in [9.17, 15) is 5.11 Å². The van der Waals surface area contributed by atoms with Crippen molar-refractivity contribution in [2.75, 3.05) is 11.9 Å². The molecule has 2 unspecified atom stereocenters. The predicted octanol–water partition coefficient (Wildman–Crippen LogP) is 2.48. The van der Waals surface area contributed by atoms with Crippen LogP contribution in [0.1, 0.15) is 31.9 Å². The number of rotatable bonds is 4. The fourth-order valence-corrected chi connectivity index (χ4v) is 1.51. The average molecular weight is 218 g/mol. The van der Waals surface area contributed by atoms with E-state index in [0.29, 0.717) is 6.42 Å². The summed E-state index contributed by atoms with van der Waals surface area (Å²) in [5.41, 5.74) is 1.97. The zero-order chi connectivity index (χ0) is 12.1. The van der Waals surface area contributed by atoms with Crippen molar-refractivity contribution in [2.24, 2.45) is 0 Å². The van der Waals surface area contributed by atoms with Crippen LogP contribution in [0, 0.1) is 11.3 Å². The molecule has 0 aliphatic carbocycles. The number of aliphatic hydroxyl groups excluding tert-OH is 1. The van der Waals surface area contributed by atoms with Crippen LogP contribution in [0.3, 0.4) is 0 Å². The van der Waals surface area contributed by atoms with Gasteiger partial charge in [0.2, 0.25) is 0 Å². The molecule has 2 atom stereocenters. The molecule has 0 radical (unpaired) electrons. The van der Waals surface area contributed by atoms with E-state index in [0.717, 1.165) is 11.3 Å². The van der Waals surface area contributed by atoms with Crippen LogP contribution >= 0.6 is 0 Å². The normalized spacial score (nSPS) is 13.9. The SMILES string of the molecule is CC(O)c1ccc(N(C)C(C)CC#N)cc1. The van der Waals surface area contributed by atoms with Gasteiger partial charge in [0.1, 0.15) is 0 Å². The summed E-state index contributed by atoms with van der Waals surface area (Å²) in [7, 11) is 1.97. The van der Waals surface area contributed by atoms with Gasteiger partial charge in [-0.15, -0.1) is 0 Å². The van der Waals surface area contributed by atoms with Gasteiger partial charge in [0.25, 0.3) is 0 Å². The fraction of sp³-hybridized carbons (Fsp3) is 0.462. The van der Waals surface area contributed by atoms with Gasteiger partial charge in [-0.3, -0.25) is 0 Å². The lowest BCUT2D eigenvalue weighted by Crippen LogP contribution is -2.28. The van der Waals surface area contributed by atoms with E-state index in [-0.39, 0.29) is 6.04 Å². The lowest BCUT2D eigenvalue weighted by atomic mass is 10.1. The monoisotopic (exact) mass is 218 g/mol. The molecule has 1 N–H and O–H groups in total. The molecule has 3 nitrogen and oxygen atoms in total. The predicted molar refractivity (Wildman–Crippen MR) is 65.2 cm³/mol. The highest BCUT2D eigenvalue weighted by Gasteiger charge is 2.09. The van der Waals surface area contributed by atoms with E-state index < -0.39 is 6.10 Å². The van der Waals surface area contributed by atoms with E-state index >= 15 is 0 Å². The number of nitriles is 1. The fourth-order valence-electron chi connectivity index (χ4n) is 1.51. The molecule has 0 aliphatic heterocycles. The molecule has 16 heavy (non-hydrogen) atoms. The van der Waals surface area contributed by atoms with Crippen LogP contribution < -0.4 is 4.90 Å². The van der Waals surface area contributed by atoms with Crippen molar-refractivity contribution in [1.29, 1.82) is 5.26 Å². The molecule has 1 rings (SSSR count). The molecular weight excluding hydrogens is 200 g/mol. The summed E-state index contributed by atoms with van der Waals surface area (Å²) in [6, 6.07) is 10.1. The van der Waals surface area contributed by atoms with Gasteiger partial charge in [-0.2, -0.15) is 5.26 Å².